The Bertz CT molecular complexity index is 402. The summed E-state index contributed by atoms with van der Waals surface area (Å²) in [5, 5.41) is 0. The van der Waals surface area contributed by atoms with Crippen molar-refractivity contribution in [3.05, 3.63) is 34.9 Å². The van der Waals surface area contributed by atoms with Gasteiger partial charge >= 0.3 is 0 Å². The van der Waals surface area contributed by atoms with Gasteiger partial charge in [-0.3, -0.25) is 4.79 Å². The average Bonchev–Trinajstić information content (AvgIpc) is 2.28. The summed E-state index contributed by atoms with van der Waals surface area (Å²) in [6.45, 7) is 6.13. The Morgan fingerprint density at radius 1 is 1.18 bits per heavy atom. The molecule has 3 heteroatoms. The Morgan fingerprint density at radius 2 is 1.71 bits per heavy atom. The van der Waals surface area contributed by atoms with Crippen molar-refractivity contribution < 1.29 is 4.79 Å². The lowest BCUT2D eigenvalue weighted by atomic mass is 9.87. The third-order valence-electron chi connectivity index (χ3n) is 3.66. The monoisotopic (exact) mass is 229 g/mol. The molecule has 0 bridgehead atoms. The molecule has 0 saturated carbocycles. The van der Waals surface area contributed by atoms with Gasteiger partial charge in [-0.25, -0.2) is 0 Å². The molecule has 2 rings (SSSR count). The number of aryl methyl sites for hydroxylation is 2. The van der Waals surface area contributed by atoms with Crippen LogP contribution < -0.4 is 0 Å². The van der Waals surface area contributed by atoms with Gasteiger partial charge in [-0.1, -0.05) is 29.3 Å². The van der Waals surface area contributed by atoms with Crippen molar-refractivity contribution in [3.8, 4) is 0 Å². The van der Waals surface area contributed by atoms with E-state index in [1.54, 1.807) is 7.85 Å². The molecule has 2 nitrogen and oxygen atoms in total. The van der Waals surface area contributed by atoms with Gasteiger partial charge < -0.3 is 4.90 Å². The van der Waals surface area contributed by atoms with Gasteiger partial charge in [0.05, 0.1) is 0 Å². The first-order valence-corrected chi connectivity index (χ1v) is 6.40. The van der Waals surface area contributed by atoms with Crippen molar-refractivity contribution in [3.63, 3.8) is 0 Å². The Balaban J connectivity index is 2.07. The predicted molar refractivity (Wildman–Crippen MR) is 73.4 cm³/mol. The van der Waals surface area contributed by atoms with Crippen LogP contribution in [0, 0.1) is 13.8 Å². The first-order valence-electron chi connectivity index (χ1n) is 6.40. The maximum Gasteiger partial charge on any atom is 0.215 e. The number of hydrogen-bond donors (Lipinski definition) is 0. The average molecular weight is 229 g/mol. The Labute approximate surface area is 104 Å². The van der Waals surface area contributed by atoms with Gasteiger partial charge in [-0.15, -0.1) is 0 Å². The summed E-state index contributed by atoms with van der Waals surface area (Å²) in [6.07, 6.45) is 2.20. The van der Waals surface area contributed by atoms with Crippen LogP contribution in [0.3, 0.4) is 0 Å². The number of benzene rings is 1. The van der Waals surface area contributed by atoms with Crippen LogP contribution in [-0.4, -0.2) is 31.6 Å². The Kier molecular flexibility index (Phi) is 3.56. The highest BCUT2D eigenvalue weighted by Gasteiger charge is 2.21. The number of carbonyl (C=O) groups excluding carboxylic acids is 1. The van der Waals surface area contributed by atoms with Gasteiger partial charge in [0, 0.05) is 13.1 Å². The first-order chi connectivity index (χ1) is 8.06. The molecule has 1 saturated heterocycles. The van der Waals surface area contributed by atoms with Crippen molar-refractivity contribution in [2.75, 3.05) is 13.1 Å². The van der Waals surface area contributed by atoms with Gasteiger partial charge in [0.2, 0.25) is 7.85 Å². The van der Waals surface area contributed by atoms with E-state index in [0.29, 0.717) is 5.92 Å². The molecule has 1 aromatic carbocycles. The molecular weight excluding hydrogens is 209 g/mol. The van der Waals surface area contributed by atoms with E-state index in [-0.39, 0.29) is 5.81 Å². The second-order valence-corrected chi connectivity index (χ2v) is 5.20. The van der Waals surface area contributed by atoms with Crippen LogP contribution in [-0.2, 0) is 0 Å². The highest BCUT2D eigenvalue weighted by molar-refractivity contribution is 6.56. The van der Waals surface area contributed by atoms with Crippen molar-refractivity contribution in [1.29, 1.82) is 0 Å². The van der Waals surface area contributed by atoms with E-state index in [1.165, 1.54) is 16.7 Å². The summed E-state index contributed by atoms with van der Waals surface area (Å²) < 4.78 is 0. The smallest absolute Gasteiger partial charge is 0.215 e. The Morgan fingerprint density at radius 3 is 2.18 bits per heavy atom. The van der Waals surface area contributed by atoms with E-state index < -0.39 is 0 Å². The molecule has 0 spiro atoms. The summed E-state index contributed by atoms with van der Waals surface area (Å²) in [5.41, 5.74) is 4.13. The molecule has 0 N–H and O–H groups in total. The van der Waals surface area contributed by atoms with Crippen LogP contribution in [0.4, 0.5) is 4.79 Å². The molecule has 0 radical (unpaired) electrons. The molecule has 1 aliphatic heterocycles. The lowest BCUT2D eigenvalue weighted by Crippen LogP contribution is -2.37. The minimum atomic E-state index is 0.212. The van der Waals surface area contributed by atoms with E-state index in [9.17, 15) is 4.79 Å². The fraction of sp³-hybridized carbons (Fsp3) is 0.500. The van der Waals surface area contributed by atoms with Gasteiger partial charge in [0.1, 0.15) is 0 Å². The van der Waals surface area contributed by atoms with Crippen molar-refractivity contribution in [2.24, 2.45) is 0 Å². The minimum Gasteiger partial charge on any atom is -0.352 e. The molecule has 0 atom stereocenters. The third kappa shape index (κ3) is 2.90. The maximum atomic E-state index is 11.3. The molecule has 1 aliphatic rings. The van der Waals surface area contributed by atoms with Crippen molar-refractivity contribution in [2.45, 2.75) is 32.6 Å². The maximum absolute atomic E-state index is 11.3. The topological polar surface area (TPSA) is 20.3 Å². The number of amides is 1. The summed E-state index contributed by atoms with van der Waals surface area (Å²) in [5.74, 6) is 0.841. The second kappa shape index (κ2) is 4.95. The zero-order valence-corrected chi connectivity index (χ0v) is 11.0. The predicted octanol–water partition coefficient (Wildman–Crippen LogP) is 2.24. The van der Waals surface area contributed by atoms with Crippen LogP contribution >= 0.6 is 0 Å². The summed E-state index contributed by atoms with van der Waals surface area (Å²) >= 11 is 0. The van der Waals surface area contributed by atoms with E-state index in [2.05, 4.69) is 32.0 Å². The number of carbonyl (C=O) groups is 1. The van der Waals surface area contributed by atoms with Gasteiger partial charge in [-0.2, -0.15) is 0 Å². The molecule has 0 aromatic heterocycles. The normalized spacial score (nSPS) is 17.2. The van der Waals surface area contributed by atoms with Crippen LogP contribution in [0.2, 0.25) is 0 Å². The standard InChI is InChI=1S/C14H20BNO/c1-10-7-11(2)9-13(8-10)12-3-5-16(6-4-12)14(15)17/h7-9,12H,3-6,15H2,1-2H3. The molecule has 1 amide bonds. The summed E-state index contributed by atoms with van der Waals surface area (Å²) in [7, 11) is 1.66. The molecule has 0 unspecified atom stereocenters. The van der Waals surface area contributed by atoms with Crippen LogP contribution in [0.1, 0.15) is 35.4 Å². The fourth-order valence-electron chi connectivity index (χ4n) is 2.77. The third-order valence-corrected chi connectivity index (χ3v) is 3.66. The lowest BCUT2D eigenvalue weighted by Gasteiger charge is -2.32. The summed E-state index contributed by atoms with van der Waals surface area (Å²) in [4.78, 5) is 13.2. The fourth-order valence-corrected chi connectivity index (χ4v) is 2.77. The Hall–Kier alpha value is -1.25. The molecule has 17 heavy (non-hydrogen) atoms. The zero-order valence-electron chi connectivity index (χ0n) is 11.0. The lowest BCUT2D eigenvalue weighted by molar-refractivity contribution is 0.204. The number of nitrogens with zero attached hydrogens (tertiary/aromatic N) is 1. The molecule has 90 valence electrons. The molecular formula is C14H20BNO. The van der Waals surface area contributed by atoms with Gasteiger partial charge in [0.15, 0.2) is 5.81 Å². The highest BCUT2D eigenvalue weighted by Crippen LogP contribution is 2.29. The van der Waals surface area contributed by atoms with Crippen LogP contribution in [0.5, 0.6) is 0 Å². The summed E-state index contributed by atoms with van der Waals surface area (Å²) in [6, 6.07) is 6.80. The van der Waals surface area contributed by atoms with Crippen LogP contribution in [0.15, 0.2) is 18.2 Å². The van der Waals surface area contributed by atoms with Gasteiger partial charge in [0.25, 0.3) is 0 Å². The molecule has 1 fully saturated rings. The molecule has 0 aliphatic carbocycles. The van der Waals surface area contributed by atoms with Crippen molar-refractivity contribution >= 4 is 13.7 Å². The van der Waals surface area contributed by atoms with E-state index in [1.807, 2.05) is 4.90 Å². The highest BCUT2D eigenvalue weighted by atomic mass is 16.1. The first kappa shape index (κ1) is 12.2. The number of likely N-dealkylation sites (tertiary alicyclic amines) is 1. The van der Waals surface area contributed by atoms with Crippen molar-refractivity contribution in [1.82, 2.24) is 4.90 Å². The van der Waals surface area contributed by atoms with E-state index >= 15 is 0 Å². The zero-order chi connectivity index (χ0) is 12.4. The van der Waals surface area contributed by atoms with E-state index in [0.717, 1.165) is 25.9 Å². The SMILES string of the molecule is BC(=O)N1CCC(c2cc(C)cc(C)c2)CC1. The van der Waals surface area contributed by atoms with E-state index in [4.69, 9.17) is 0 Å². The number of piperidine rings is 1. The number of hydrogen-bond acceptors (Lipinski definition) is 1. The van der Waals surface area contributed by atoms with Gasteiger partial charge in [-0.05, 0) is 38.2 Å². The van der Waals surface area contributed by atoms with Crippen LogP contribution in [0.25, 0.3) is 0 Å². The largest absolute Gasteiger partial charge is 0.352 e. The molecule has 1 aromatic rings. The quantitative estimate of drug-likeness (QED) is 0.676. The molecule has 1 heterocycles. The second-order valence-electron chi connectivity index (χ2n) is 5.20. The number of rotatable bonds is 1. The minimum absolute atomic E-state index is 0.212.